The largest absolute Gasteiger partial charge is 0.497 e. The molecule has 0 aromatic heterocycles. The highest BCUT2D eigenvalue weighted by Gasteiger charge is 2.44. The second-order valence-corrected chi connectivity index (χ2v) is 9.21. The summed E-state index contributed by atoms with van der Waals surface area (Å²) >= 11 is 0. The van der Waals surface area contributed by atoms with Crippen LogP contribution in [0.4, 0.5) is 4.79 Å². The van der Waals surface area contributed by atoms with E-state index in [0.29, 0.717) is 32.6 Å². The number of nitrogens with zero attached hydrogens (tertiary/aromatic N) is 1. The van der Waals surface area contributed by atoms with E-state index in [1.807, 2.05) is 48.5 Å². The summed E-state index contributed by atoms with van der Waals surface area (Å²) in [5.41, 5.74) is 1.61. The number of benzene rings is 2. The van der Waals surface area contributed by atoms with E-state index in [0.717, 1.165) is 22.6 Å². The van der Waals surface area contributed by atoms with Gasteiger partial charge in [0.1, 0.15) is 17.5 Å². The summed E-state index contributed by atoms with van der Waals surface area (Å²) in [5, 5.41) is 5.62. The molecule has 1 atom stereocenters. The maximum absolute atomic E-state index is 13.2. The predicted octanol–water partition coefficient (Wildman–Crippen LogP) is 2.77. The van der Waals surface area contributed by atoms with E-state index in [4.69, 9.17) is 14.2 Å². The molecule has 2 aliphatic heterocycles. The maximum atomic E-state index is 13.2. The van der Waals surface area contributed by atoms with Crippen LogP contribution in [0.5, 0.6) is 11.5 Å². The molecule has 2 heterocycles. The number of imide groups is 1. The second kappa shape index (κ2) is 11.4. The minimum atomic E-state index is -0.711. The van der Waals surface area contributed by atoms with Crippen LogP contribution in [-0.2, 0) is 26.3 Å². The van der Waals surface area contributed by atoms with Crippen molar-refractivity contribution in [3.8, 4) is 11.5 Å². The summed E-state index contributed by atoms with van der Waals surface area (Å²) in [6.07, 6.45) is 1.79. The number of methoxy groups -OCH3 is 2. The van der Waals surface area contributed by atoms with Crippen LogP contribution in [0, 0.1) is 0 Å². The lowest BCUT2D eigenvalue weighted by atomic mass is 9.73. The Morgan fingerprint density at radius 3 is 2.25 bits per heavy atom. The summed E-state index contributed by atoms with van der Waals surface area (Å²) < 4.78 is 16.0. The van der Waals surface area contributed by atoms with E-state index in [1.165, 1.54) is 4.90 Å². The van der Waals surface area contributed by atoms with Gasteiger partial charge >= 0.3 is 6.03 Å². The third kappa shape index (κ3) is 5.79. The zero-order valence-electron chi connectivity index (χ0n) is 20.7. The quantitative estimate of drug-likeness (QED) is 0.491. The fourth-order valence-corrected chi connectivity index (χ4v) is 4.78. The van der Waals surface area contributed by atoms with E-state index in [9.17, 15) is 14.4 Å². The van der Waals surface area contributed by atoms with Crippen molar-refractivity contribution in [2.75, 3.05) is 34.0 Å². The number of carbonyl (C=O) groups is 3. The number of amides is 4. The monoisotopic (exact) mass is 495 g/mol. The van der Waals surface area contributed by atoms with Crippen LogP contribution >= 0.6 is 0 Å². The van der Waals surface area contributed by atoms with Gasteiger partial charge in [0.25, 0.3) is 5.91 Å². The molecular weight excluding hydrogens is 462 g/mol. The Bertz CT molecular complexity index is 1060. The molecule has 9 nitrogen and oxygen atoms in total. The van der Waals surface area contributed by atoms with E-state index < -0.39 is 12.1 Å². The molecule has 4 amide bonds. The standard InChI is InChI=1S/C27H33N3O6/c1-34-21-7-3-19(4-8-21)17-28-24(31)12-11-23-25(32)30(26(33)29-23)18-27(13-15-36-16-14-27)20-5-9-22(35-2)10-6-20/h3-10,23H,11-18H2,1-2H3,(H,28,31)(H,29,33)/t23-/m0/s1. The molecule has 2 aromatic rings. The number of urea groups is 1. The topological polar surface area (TPSA) is 106 Å². The van der Waals surface area contributed by atoms with Gasteiger partial charge in [0.05, 0.1) is 14.2 Å². The number of hydrogen-bond acceptors (Lipinski definition) is 6. The SMILES string of the molecule is COc1ccc(CNC(=O)CC[C@@H]2NC(=O)N(CC3(c4ccc(OC)cc4)CCOCC3)C2=O)cc1. The van der Waals surface area contributed by atoms with Gasteiger partial charge in [-0.3, -0.25) is 14.5 Å². The number of rotatable bonds is 10. The van der Waals surface area contributed by atoms with E-state index in [2.05, 4.69) is 10.6 Å². The number of ether oxygens (including phenoxy) is 3. The highest BCUT2D eigenvalue weighted by molar-refractivity contribution is 6.04. The van der Waals surface area contributed by atoms with Crippen LogP contribution in [0.15, 0.2) is 48.5 Å². The van der Waals surface area contributed by atoms with Crippen molar-refractivity contribution >= 4 is 17.8 Å². The third-order valence-corrected chi connectivity index (χ3v) is 7.03. The summed E-state index contributed by atoms with van der Waals surface area (Å²) in [6.45, 7) is 1.78. The average Bonchev–Trinajstić information content (AvgIpc) is 3.19. The van der Waals surface area contributed by atoms with Crippen LogP contribution in [0.1, 0.15) is 36.8 Å². The molecule has 0 bridgehead atoms. The lowest BCUT2D eigenvalue weighted by molar-refractivity contribution is -0.129. The first-order valence-corrected chi connectivity index (χ1v) is 12.2. The van der Waals surface area contributed by atoms with Gasteiger partial charge in [0, 0.05) is 38.1 Å². The average molecular weight is 496 g/mol. The molecule has 0 unspecified atom stereocenters. The van der Waals surface area contributed by atoms with Crippen molar-refractivity contribution in [2.45, 2.75) is 43.7 Å². The van der Waals surface area contributed by atoms with Crippen molar-refractivity contribution < 1.29 is 28.6 Å². The summed E-state index contributed by atoms with van der Waals surface area (Å²) in [5.74, 6) is 1.04. The number of hydrogen-bond donors (Lipinski definition) is 2. The van der Waals surface area contributed by atoms with Crippen LogP contribution < -0.4 is 20.1 Å². The Balaban J connectivity index is 1.34. The number of nitrogens with one attached hydrogen (secondary N) is 2. The van der Waals surface area contributed by atoms with Crippen molar-refractivity contribution in [3.63, 3.8) is 0 Å². The van der Waals surface area contributed by atoms with Gasteiger partial charge in [0.15, 0.2) is 0 Å². The van der Waals surface area contributed by atoms with Crippen molar-refractivity contribution in [1.82, 2.24) is 15.5 Å². The fourth-order valence-electron chi connectivity index (χ4n) is 4.78. The smallest absolute Gasteiger partial charge is 0.324 e. The minimum Gasteiger partial charge on any atom is -0.497 e. The molecule has 0 saturated carbocycles. The highest BCUT2D eigenvalue weighted by Crippen LogP contribution is 2.37. The van der Waals surface area contributed by atoms with Gasteiger partial charge in [-0.25, -0.2) is 4.79 Å². The molecule has 0 aliphatic carbocycles. The maximum Gasteiger partial charge on any atom is 0.324 e. The Morgan fingerprint density at radius 2 is 1.64 bits per heavy atom. The molecule has 2 aliphatic rings. The Labute approximate surface area is 211 Å². The zero-order valence-corrected chi connectivity index (χ0v) is 20.7. The van der Waals surface area contributed by atoms with E-state index >= 15 is 0 Å². The molecule has 2 N–H and O–H groups in total. The molecule has 2 aromatic carbocycles. The zero-order chi connectivity index (χ0) is 25.5. The molecule has 2 saturated heterocycles. The first-order chi connectivity index (χ1) is 17.4. The molecular formula is C27H33N3O6. The van der Waals surface area contributed by atoms with Crippen LogP contribution in [0.3, 0.4) is 0 Å². The summed E-state index contributed by atoms with van der Waals surface area (Å²) in [4.78, 5) is 39.6. The Morgan fingerprint density at radius 1 is 1.03 bits per heavy atom. The normalized spacial score (nSPS) is 19.1. The van der Waals surface area contributed by atoms with Crippen LogP contribution in [-0.4, -0.2) is 62.8 Å². The molecule has 0 radical (unpaired) electrons. The van der Waals surface area contributed by atoms with Gasteiger partial charge in [-0.15, -0.1) is 0 Å². The van der Waals surface area contributed by atoms with E-state index in [-0.39, 0.29) is 36.6 Å². The van der Waals surface area contributed by atoms with Gasteiger partial charge in [-0.2, -0.15) is 0 Å². The molecule has 9 heteroatoms. The number of carbonyl (C=O) groups excluding carboxylic acids is 3. The van der Waals surface area contributed by atoms with Crippen LogP contribution in [0.2, 0.25) is 0 Å². The Hall–Kier alpha value is -3.59. The van der Waals surface area contributed by atoms with Gasteiger partial charge in [0.2, 0.25) is 5.91 Å². The molecule has 36 heavy (non-hydrogen) atoms. The van der Waals surface area contributed by atoms with Crippen molar-refractivity contribution in [1.29, 1.82) is 0 Å². The lowest BCUT2D eigenvalue weighted by Crippen LogP contribution is -2.47. The van der Waals surface area contributed by atoms with Gasteiger partial charge in [-0.05, 0) is 54.7 Å². The minimum absolute atomic E-state index is 0.137. The fraction of sp³-hybridized carbons (Fsp3) is 0.444. The molecule has 4 rings (SSSR count). The summed E-state index contributed by atoms with van der Waals surface area (Å²) in [7, 11) is 3.22. The van der Waals surface area contributed by atoms with Gasteiger partial charge < -0.3 is 24.8 Å². The van der Waals surface area contributed by atoms with Crippen molar-refractivity contribution in [2.24, 2.45) is 0 Å². The van der Waals surface area contributed by atoms with Crippen molar-refractivity contribution in [3.05, 3.63) is 59.7 Å². The molecule has 0 spiro atoms. The van der Waals surface area contributed by atoms with Crippen LogP contribution in [0.25, 0.3) is 0 Å². The molecule has 2 fully saturated rings. The first-order valence-electron chi connectivity index (χ1n) is 12.2. The van der Waals surface area contributed by atoms with Gasteiger partial charge in [-0.1, -0.05) is 24.3 Å². The lowest BCUT2D eigenvalue weighted by Gasteiger charge is -2.39. The first kappa shape index (κ1) is 25.5. The van der Waals surface area contributed by atoms with E-state index in [1.54, 1.807) is 14.2 Å². The third-order valence-electron chi connectivity index (χ3n) is 7.03. The molecule has 192 valence electrons. The second-order valence-electron chi connectivity index (χ2n) is 9.21. The predicted molar refractivity (Wildman–Crippen MR) is 133 cm³/mol. The Kier molecular flexibility index (Phi) is 8.10. The summed E-state index contributed by atoms with van der Waals surface area (Å²) in [6, 6.07) is 14.1. The highest BCUT2D eigenvalue weighted by atomic mass is 16.5.